The van der Waals surface area contributed by atoms with Crippen LogP contribution < -0.4 is 4.74 Å². The topological polar surface area (TPSA) is 127 Å². The highest BCUT2D eigenvalue weighted by Gasteiger charge is 2.36. The molecule has 0 spiro atoms. The van der Waals surface area contributed by atoms with Crippen LogP contribution in [-0.4, -0.2) is 31.3 Å². The number of ketones is 1. The molecule has 0 saturated heterocycles. The Morgan fingerprint density at radius 1 is 1.06 bits per heavy atom. The Labute approximate surface area is 186 Å². The number of ether oxygens (including phenoxy) is 1. The highest BCUT2D eigenvalue weighted by atomic mass is 16.5. The normalized spacial score (nSPS) is 16.1. The minimum atomic E-state index is -1.07. The molecule has 1 aliphatic rings. The number of carbonyl (C=O) groups is 1. The molecular formula is C25H28O7. The van der Waals surface area contributed by atoms with E-state index in [4.69, 9.17) is 4.74 Å². The third kappa shape index (κ3) is 4.51. The van der Waals surface area contributed by atoms with Crippen molar-refractivity contribution in [2.24, 2.45) is 5.92 Å². The van der Waals surface area contributed by atoms with Crippen molar-refractivity contribution in [2.45, 2.75) is 46.1 Å². The monoisotopic (exact) mass is 440 g/mol. The van der Waals surface area contributed by atoms with Crippen LogP contribution in [0.1, 0.15) is 61.2 Å². The van der Waals surface area contributed by atoms with Gasteiger partial charge in [0.2, 0.25) is 0 Å². The lowest BCUT2D eigenvalue weighted by atomic mass is 9.86. The van der Waals surface area contributed by atoms with Crippen molar-refractivity contribution in [2.75, 3.05) is 0 Å². The SMILES string of the molecule is C=C(C)[C@@H](CC=C(C)C)Cc1c(O)cc(O)c2c1O[C@H](c1c(O)cc(O)cc1O)CC2=O. The summed E-state index contributed by atoms with van der Waals surface area (Å²) in [5.74, 6) is -2.34. The molecule has 0 saturated carbocycles. The first-order valence-electron chi connectivity index (χ1n) is 10.3. The quantitative estimate of drug-likeness (QED) is 0.399. The van der Waals surface area contributed by atoms with Gasteiger partial charge >= 0.3 is 0 Å². The number of carbonyl (C=O) groups excluding carboxylic acids is 1. The highest BCUT2D eigenvalue weighted by Crippen LogP contribution is 2.49. The first kappa shape index (κ1) is 23.1. The van der Waals surface area contributed by atoms with E-state index in [0.717, 1.165) is 29.3 Å². The summed E-state index contributed by atoms with van der Waals surface area (Å²) in [6.07, 6.45) is 1.71. The van der Waals surface area contributed by atoms with Crippen LogP contribution in [-0.2, 0) is 6.42 Å². The van der Waals surface area contributed by atoms with E-state index in [2.05, 4.69) is 12.7 Å². The molecule has 0 aromatic heterocycles. The zero-order valence-electron chi connectivity index (χ0n) is 18.3. The summed E-state index contributed by atoms with van der Waals surface area (Å²) in [7, 11) is 0. The van der Waals surface area contributed by atoms with Crippen LogP contribution in [0.15, 0.2) is 42.0 Å². The Morgan fingerprint density at radius 2 is 1.69 bits per heavy atom. The van der Waals surface area contributed by atoms with Crippen molar-refractivity contribution in [3.63, 3.8) is 0 Å². The predicted octanol–water partition coefficient (Wildman–Crippen LogP) is 5.01. The smallest absolute Gasteiger partial charge is 0.174 e. The average Bonchev–Trinajstić information content (AvgIpc) is 2.65. The summed E-state index contributed by atoms with van der Waals surface area (Å²) in [5.41, 5.74) is 2.25. The van der Waals surface area contributed by atoms with E-state index in [1.165, 1.54) is 0 Å². The second-order valence-electron chi connectivity index (χ2n) is 8.49. The van der Waals surface area contributed by atoms with E-state index in [9.17, 15) is 30.3 Å². The molecular weight excluding hydrogens is 412 g/mol. The van der Waals surface area contributed by atoms with Gasteiger partial charge < -0.3 is 30.3 Å². The van der Waals surface area contributed by atoms with Crippen LogP contribution in [0.2, 0.25) is 0 Å². The minimum absolute atomic E-state index is 0.0130. The van der Waals surface area contributed by atoms with Crippen molar-refractivity contribution >= 4 is 5.78 Å². The molecule has 2 atom stereocenters. The maximum atomic E-state index is 12.9. The van der Waals surface area contributed by atoms with Crippen LogP contribution >= 0.6 is 0 Å². The fourth-order valence-electron chi connectivity index (χ4n) is 3.91. The standard InChI is InChI=1S/C25H28O7/c1-12(2)5-6-14(13(3)4)7-16-17(27)10-20(30)24-21(31)11-22(32-25(16)24)23-18(28)8-15(26)9-19(23)29/h5,8-10,14,22,26-30H,3,6-7,11H2,1-2,4H3/t14-,22-/m0/s1. The summed E-state index contributed by atoms with van der Waals surface area (Å²) in [6, 6.07) is 3.20. The van der Waals surface area contributed by atoms with Gasteiger partial charge in [-0.05, 0) is 39.5 Å². The maximum absolute atomic E-state index is 12.9. The Bertz CT molecular complexity index is 1090. The first-order valence-corrected chi connectivity index (χ1v) is 10.3. The van der Waals surface area contributed by atoms with Crippen LogP contribution in [0.25, 0.3) is 0 Å². The van der Waals surface area contributed by atoms with E-state index >= 15 is 0 Å². The van der Waals surface area contributed by atoms with E-state index in [1.807, 2.05) is 20.8 Å². The Morgan fingerprint density at radius 3 is 2.25 bits per heavy atom. The van der Waals surface area contributed by atoms with Crippen molar-refractivity contribution in [1.29, 1.82) is 0 Å². The number of fused-ring (bicyclic) bond motifs is 1. The van der Waals surface area contributed by atoms with Crippen molar-refractivity contribution in [3.8, 4) is 34.5 Å². The van der Waals surface area contributed by atoms with Crippen molar-refractivity contribution in [3.05, 3.63) is 58.7 Å². The molecule has 2 aromatic carbocycles. The summed E-state index contributed by atoms with van der Waals surface area (Å²) in [4.78, 5) is 12.9. The number of rotatable bonds is 6. The van der Waals surface area contributed by atoms with Crippen molar-refractivity contribution in [1.82, 2.24) is 0 Å². The molecule has 0 fully saturated rings. The summed E-state index contributed by atoms with van der Waals surface area (Å²) in [6.45, 7) is 9.89. The van der Waals surface area contributed by atoms with Gasteiger partial charge in [0.05, 0.1) is 12.0 Å². The van der Waals surface area contributed by atoms with Gasteiger partial charge in [0.25, 0.3) is 0 Å². The number of Topliss-reactive ketones (excluding diaryl/α,β-unsaturated/α-hetero) is 1. The first-order chi connectivity index (χ1) is 15.0. The van der Waals surface area contributed by atoms with Gasteiger partial charge in [-0.2, -0.15) is 0 Å². The minimum Gasteiger partial charge on any atom is -0.508 e. The van der Waals surface area contributed by atoms with Gasteiger partial charge in [0.15, 0.2) is 5.78 Å². The zero-order valence-corrected chi connectivity index (χ0v) is 18.3. The van der Waals surface area contributed by atoms with E-state index < -0.39 is 29.1 Å². The molecule has 7 heteroatoms. The predicted molar refractivity (Wildman–Crippen MR) is 120 cm³/mol. The summed E-state index contributed by atoms with van der Waals surface area (Å²) >= 11 is 0. The number of benzene rings is 2. The fraction of sp³-hybridized carbons (Fsp3) is 0.320. The van der Waals surface area contributed by atoms with Crippen LogP contribution in [0.4, 0.5) is 0 Å². The molecule has 170 valence electrons. The lowest BCUT2D eigenvalue weighted by molar-refractivity contribution is 0.0836. The third-order valence-electron chi connectivity index (χ3n) is 5.65. The molecule has 7 nitrogen and oxygen atoms in total. The van der Waals surface area contributed by atoms with E-state index in [1.54, 1.807) is 0 Å². The molecule has 32 heavy (non-hydrogen) atoms. The number of phenolic OH excluding ortho intramolecular Hbond substituents is 5. The van der Waals surface area contributed by atoms with Gasteiger partial charge in [-0.15, -0.1) is 0 Å². The summed E-state index contributed by atoms with van der Waals surface area (Å²) < 4.78 is 6.00. The molecule has 0 aliphatic carbocycles. The van der Waals surface area contributed by atoms with Crippen molar-refractivity contribution < 1.29 is 35.1 Å². The van der Waals surface area contributed by atoms with Gasteiger partial charge in [-0.25, -0.2) is 0 Å². The Kier molecular flexibility index (Phi) is 6.39. The van der Waals surface area contributed by atoms with Gasteiger partial charge in [-0.3, -0.25) is 4.79 Å². The number of hydrogen-bond acceptors (Lipinski definition) is 7. The number of hydrogen-bond donors (Lipinski definition) is 5. The largest absolute Gasteiger partial charge is 0.508 e. The van der Waals surface area contributed by atoms with Gasteiger partial charge in [0.1, 0.15) is 46.2 Å². The lowest BCUT2D eigenvalue weighted by Crippen LogP contribution is -2.22. The second-order valence-corrected chi connectivity index (χ2v) is 8.49. The fourth-order valence-corrected chi connectivity index (χ4v) is 3.91. The molecule has 5 N–H and O–H groups in total. The molecule has 0 radical (unpaired) electrons. The molecule has 0 unspecified atom stereocenters. The molecule has 0 bridgehead atoms. The molecule has 2 aromatic rings. The van der Waals surface area contributed by atoms with Crippen LogP contribution in [0, 0.1) is 5.92 Å². The summed E-state index contributed by atoms with van der Waals surface area (Å²) in [5, 5.41) is 51.0. The second kappa shape index (κ2) is 8.86. The Balaban J connectivity index is 2.09. The molecule has 3 rings (SSSR count). The van der Waals surface area contributed by atoms with Crippen LogP contribution in [0.5, 0.6) is 34.5 Å². The van der Waals surface area contributed by atoms with Gasteiger partial charge in [-0.1, -0.05) is 23.8 Å². The van der Waals surface area contributed by atoms with E-state index in [-0.39, 0.29) is 40.7 Å². The number of aromatic hydroxyl groups is 5. The molecule has 1 heterocycles. The highest BCUT2D eigenvalue weighted by molar-refractivity contribution is 6.03. The van der Waals surface area contributed by atoms with Crippen LogP contribution in [0.3, 0.4) is 0 Å². The average molecular weight is 440 g/mol. The van der Waals surface area contributed by atoms with Gasteiger partial charge in [0, 0.05) is 23.8 Å². The molecule has 1 aliphatic heterocycles. The van der Waals surface area contributed by atoms with E-state index in [0.29, 0.717) is 18.4 Å². The number of allylic oxidation sites excluding steroid dienone is 3. The lowest BCUT2D eigenvalue weighted by Gasteiger charge is -2.30. The maximum Gasteiger partial charge on any atom is 0.174 e. The third-order valence-corrected chi connectivity index (χ3v) is 5.65. The number of phenols is 5. The zero-order chi connectivity index (χ0) is 23.7. The Hall–Kier alpha value is -3.61. The molecule has 0 amide bonds.